The highest BCUT2D eigenvalue weighted by atomic mass is 79.9. The average molecular weight is 433 g/mol. The second-order valence-electron chi connectivity index (χ2n) is 4.05. The highest BCUT2D eigenvalue weighted by Gasteiger charge is 2.17. The average Bonchev–Trinajstić information content (AvgIpc) is 2.40. The molecule has 0 unspecified atom stereocenters. The first kappa shape index (κ1) is 16.0. The SMILES string of the molecule is O=C(Nc1c(Br)cccc1C(=O)O)c1ccc(Cl)cc1Br. The van der Waals surface area contributed by atoms with Crippen molar-refractivity contribution >= 4 is 61.0 Å². The molecular weight excluding hydrogens is 425 g/mol. The van der Waals surface area contributed by atoms with Crippen molar-refractivity contribution in [2.24, 2.45) is 0 Å². The molecule has 2 N–H and O–H groups in total. The number of anilines is 1. The van der Waals surface area contributed by atoms with Crippen molar-refractivity contribution in [1.82, 2.24) is 0 Å². The quantitative estimate of drug-likeness (QED) is 0.730. The molecule has 0 aromatic heterocycles. The Morgan fingerprint density at radius 2 is 1.76 bits per heavy atom. The van der Waals surface area contributed by atoms with Crippen molar-refractivity contribution in [3.8, 4) is 0 Å². The summed E-state index contributed by atoms with van der Waals surface area (Å²) < 4.78 is 1.01. The van der Waals surface area contributed by atoms with Gasteiger partial charge in [-0.2, -0.15) is 0 Å². The van der Waals surface area contributed by atoms with E-state index < -0.39 is 11.9 Å². The smallest absolute Gasteiger partial charge is 0.337 e. The Morgan fingerprint density at radius 3 is 2.38 bits per heavy atom. The summed E-state index contributed by atoms with van der Waals surface area (Å²) in [5, 5.41) is 12.3. The molecule has 0 aliphatic rings. The lowest BCUT2D eigenvalue weighted by atomic mass is 10.1. The molecule has 4 nitrogen and oxygen atoms in total. The molecule has 2 rings (SSSR count). The van der Waals surface area contributed by atoms with E-state index in [1.54, 1.807) is 30.3 Å². The van der Waals surface area contributed by atoms with E-state index in [1.165, 1.54) is 6.07 Å². The summed E-state index contributed by atoms with van der Waals surface area (Å²) in [6, 6.07) is 9.38. The maximum absolute atomic E-state index is 12.3. The van der Waals surface area contributed by atoms with Crippen LogP contribution in [-0.4, -0.2) is 17.0 Å². The van der Waals surface area contributed by atoms with E-state index >= 15 is 0 Å². The number of rotatable bonds is 3. The summed E-state index contributed by atoms with van der Waals surface area (Å²) in [7, 11) is 0. The van der Waals surface area contributed by atoms with Crippen LogP contribution in [0.25, 0.3) is 0 Å². The van der Waals surface area contributed by atoms with Gasteiger partial charge in [-0.15, -0.1) is 0 Å². The number of carbonyl (C=O) groups excluding carboxylic acids is 1. The normalized spacial score (nSPS) is 10.2. The van der Waals surface area contributed by atoms with Gasteiger partial charge in [0.1, 0.15) is 0 Å². The van der Waals surface area contributed by atoms with E-state index in [-0.39, 0.29) is 11.3 Å². The Labute approximate surface area is 142 Å². The largest absolute Gasteiger partial charge is 0.478 e. The third-order valence-electron chi connectivity index (χ3n) is 2.66. The number of nitrogens with one attached hydrogen (secondary N) is 1. The van der Waals surface area contributed by atoms with Gasteiger partial charge in [-0.25, -0.2) is 4.79 Å². The number of carboxylic acids is 1. The molecule has 0 saturated carbocycles. The first-order valence-electron chi connectivity index (χ1n) is 5.68. The number of benzene rings is 2. The van der Waals surface area contributed by atoms with Crippen LogP contribution < -0.4 is 5.32 Å². The molecule has 7 heteroatoms. The maximum Gasteiger partial charge on any atom is 0.337 e. The molecule has 2 aromatic rings. The van der Waals surface area contributed by atoms with Gasteiger partial charge in [-0.05, 0) is 62.2 Å². The first-order valence-corrected chi connectivity index (χ1v) is 7.64. The van der Waals surface area contributed by atoms with E-state index in [9.17, 15) is 9.59 Å². The van der Waals surface area contributed by atoms with E-state index in [0.29, 0.717) is 19.5 Å². The predicted octanol–water partition coefficient (Wildman–Crippen LogP) is 4.82. The Morgan fingerprint density at radius 1 is 1.05 bits per heavy atom. The highest BCUT2D eigenvalue weighted by molar-refractivity contribution is 9.11. The third kappa shape index (κ3) is 3.64. The van der Waals surface area contributed by atoms with Crippen molar-refractivity contribution in [2.75, 3.05) is 5.32 Å². The van der Waals surface area contributed by atoms with Crippen LogP contribution in [0.4, 0.5) is 5.69 Å². The fourth-order valence-electron chi connectivity index (χ4n) is 1.68. The van der Waals surface area contributed by atoms with Gasteiger partial charge in [-0.1, -0.05) is 17.7 Å². The fourth-order valence-corrected chi connectivity index (χ4v) is 3.01. The predicted molar refractivity (Wildman–Crippen MR) is 88.2 cm³/mol. The van der Waals surface area contributed by atoms with E-state index in [0.717, 1.165) is 0 Å². The fraction of sp³-hybridized carbons (Fsp3) is 0. The number of aromatic carboxylic acids is 1. The molecule has 1 amide bonds. The summed E-state index contributed by atoms with van der Waals surface area (Å²) in [6.45, 7) is 0. The summed E-state index contributed by atoms with van der Waals surface area (Å²) >= 11 is 12.3. The number of halogens is 3. The molecule has 21 heavy (non-hydrogen) atoms. The Kier molecular flexibility index (Phi) is 5.03. The molecule has 0 aliphatic carbocycles. The first-order chi connectivity index (χ1) is 9.90. The molecule has 0 heterocycles. The van der Waals surface area contributed by atoms with Crippen LogP contribution in [0.15, 0.2) is 45.3 Å². The topological polar surface area (TPSA) is 66.4 Å². The Bertz CT molecular complexity index is 734. The van der Waals surface area contributed by atoms with Crippen molar-refractivity contribution in [2.45, 2.75) is 0 Å². The molecule has 0 aliphatic heterocycles. The molecule has 0 fully saturated rings. The summed E-state index contributed by atoms with van der Waals surface area (Å²) in [5.74, 6) is -1.56. The van der Waals surface area contributed by atoms with Crippen LogP contribution >= 0.6 is 43.5 Å². The van der Waals surface area contributed by atoms with Crippen LogP contribution in [-0.2, 0) is 0 Å². The number of para-hydroxylation sites is 1. The minimum Gasteiger partial charge on any atom is -0.478 e. The molecule has 0 saturated heterocycles. The number of hydrogen-bond donors (Lipinski definition) is 2. The minimum atomic E-state index is -1.12. The number of amides is 1. The minimum absolute atomic E-state index is 0.00260. The molecule has 0 radical (unpaired) electrons. The van der Waals surface area contributed by atoms with Crippen LogP contribution in [0.1, 0.15) is 20.7 Å². The molecule has 0 spiro atoms. The zero-order valence-electron chi connectivity index (χ0n) is 10.4. The number of hydrogen-bond acceptors (Lipinski definition) is 2. The van der Waals surface area contributed by atoms with Crippen LogP contribution in [0, 0.1) is 0 Å². The highest BCUT2D eigenvalue weighted by Crippen LogP contribution is 2.28. The molecule has 2 aromatic carbocycles. The second kappa shape index (κ2) is 6.60. The molecule has 0 bridgehead atoms. The van der Waals surface area contributed by atoms with Crippen molar-refractivity contribution in [3.05, 3.63) is 61.5 Å². The lowest BCUT2D eigenvalue weighted by Crippen LogP contribution is -2.15. The van der Waals surface area contributed by atoms with E-state index in [4.69, 9.17) is 16.7 Å². The van der Waals surface area contributed by atoms with Gasteiger partial charge in [0.15, 0.2) is 0 Å². The second-order valence-corrected chi connectivity index (χ2v) is 6.19. The van der Waals surface area contributed by atoms with Gasteiger partial charge in [0.25, 0.3) is 5.91 Å². The van der Waals surface area contributed by atoms with Gasteiger partial charge in [0.05, 0.1) is 16.8 Å². The van der Waals surface area contributed by atoms with E-state index in [1.807, 2.05) is 0 Å². The molecule has 108 valence electrons. The maximum atomic E-state index is 12.3. The monoisotopic (exact) mass is 431 g/mol. The number of carbonyl (C=O) groups is 2. The summed E-state index contributed by atoms with van der Waals surface area (Å²) in [5.41, 5.74) is 0.561. The summed E-state index contributed by atoms with van der Waals surface area (Å²) in [4.78, 5) is 23.5. The van der Waals surface area contributed by atoms with E-state index in [2.05, 4.69) is 37.2 Å². The summed E-state index contributed by atoms with van der Waals surface area (Å²) in [6.07, 6.45) is 0. The van der Waals surface area contributed by atoms with Crippen molar-refractivity contribution < 1.29 is 14.7 Å². The Balaban J connectivity index is 2.38. The zero-order chi connectivity index (χ0) is 15.6. The van der Waals surface area contributed by atoms with Gasteiger partial charge >= 0.3 is 5.97 Å². The standard InChI is InChI=1S/C14H8Br2ClNO3/c15-10-3-1-2-9(14(20)21)12(10)18-13(19)8-5-4-7(17)6-11(8)16/h1-6H,(H,18,19)(H,20,21). The van der Waals surface area contributed by atoms with Gasteiger partial charge < -0.3 is 10.4 Å². The molecular formula is C14H8Br2ClNO3. The Hall–Kier alpha value is -1.37. The van der Waals surface area contributed by atoms with Crippen LogP contribution in [0.3, 0.4) is 0 Å². The van der Waals surface area contributed by atoms with Gasteiger partial charge in [-0.3, -0.25) is 4.79 Å². The van der Waals surface area contributed by atoms with Crippen molar-refractivity contribution in [3.63, 3.8) is 0 Å². The third-order valence-corrected chi connectivity index (χ3v) is 4.21. The lowest BCUT2D eigenvalue weighted by Gasteiger charge is -2.11. The lowest BCUT2D eigenvalue weighted by molar-refractivity contribution is 0.0698. The van der Waals surface area contributed by atoms with Gasteiger partial charge in [0, 0.05) is 14.0 Å². The molecule has 0 atom stereocenters. The number of carboxylic acid groups (broad SMARTS) is 1. The van der Waals surface area contributed by atoms with Crippen LogP contribution in [0.2, 0.25) is 5.02 Å². The van der Waals surface area contributed by atoms with Gasteiger partial charge in [0.2, 0.25) is 0 Å². The zero-order valence-corrected chi connectivity index (χ0v) is 14.3. The van der Waals surface area contributed by atoms with Crippen LogP contribution in [0.5, 0.6) is 0 Å². The van der Waals surface area contributed by atoms with Crippen molar-refractivity contribution in [1.29, 1.82) is 0 Å².